The van der Waals surface area contributed by atoms with Crippen LogP contribution in [-0.4, -0.2) is 22.1 Å². The number of unbranched alkanes of at least 4 members (excludes halogenated alkanes) is 5. The highest BCUT2D eigenvalue weighted by Crippen LogP contribution is 2.31. The van der Waals surface area contributed by atoms with E-state index in [1.165, 1.54) is 32.1 Å². The van der Waals surface area contributed by atoms with Crippen LogP contribution in [0.25, 0.3) is 22.5 Å². The lowest BCUT2D eigenvalue weighted by Gasteiger charge is -2.10. The van der Waals surface area contributed by atoms with Crippen molar-refractivity contribution in [2.24, 2.45) is 0 Å². The number of hydrogen-bond acceptors (Lipinski definition) is 3. The molecule has 0 aliphatic rings. The summed E-state index contributed by atoms with van der Waals surface area (Å²) in [5, 5.41) is 9.00. The van der Waals surface area contributed by atoms with Crippen molar-refractivity contribution >= 4 is 0 Å². The standard InChI is InChI=1S/C23H29N3O/c1-3-4-5-6-7-11-18-26-23(20-14-16-21(27-2)17-15-20)22(24-25-26)19-12-9-8-10-13-19/h8-10,12-17H,3-7,11,18H2,1-2H3. The topological polar surface area (TPSA) is 39.9 Å². The molecule has 0 amide bonds. The van der Waals surface area contributed by atoms with E-state index in [1.54, 1.807) is 7.11 Å². The maximum absolute atomic E-state index is 5.31. The van der Waals surface area contributed by atoms with Crippen molar-refractivity contribution < 1.29 is 4.74 Å². The lowest BCUT2D eigenvalue weighted by Crippen LogP contribution is -2.03. The van der Waals surface area contributed by atoms with Gasteiger partial charge in [-0.3, -0.25) is 0 Å². The minimum Gasteiger partial charge on any atom is -0.497 e. The van der Waals surface area contributed by atoms with Gasteiger partial charge in [0.2, 0.25) is 0 Å². The smallest absolute Gasteiger partial charge is 0.121 e. The van der Waals surface area contributed by atoms with Crippen LogP contribution in [0.2, 0.25) is 0 Å². The van der Waals surface area contributed by atoms with Crippen molar-refractivity contribution in [3.63, 3.8) is 0 Å². The van der Waals surface area contributed by atoms with E-state index in [0.717, 1.165) is 41.2 Å². The van der Waals surface area contributed by atoms with Crippen LogP contribution in [0.5, 0.6) is 5.75 Å². The van der Waals surface area contributed by atoms with Crippen molar-refractivity contribution in [1.29, 1.82) is 0 Å². The van der Waals surface area contributed by atoms with Gasteiger partial charge in [0.15, 0.2) is 0 Å². The maximum Gasteiger partial charge on any atom is 0.121 e. The fourth-order valence-electron chi connectivity index (χ4n) is 3.34. The lowest BCUT2D eigenvalue weighted by molar-refractivity contribution is 0.415. The molecule has 0 saturated carbocycles. The van der Waals surface area contributed by atoms with E-state index in [0.29, 0.717) is 0 Å². The highest BCUT2D eigenvalue weighted by Gasteiger charge is 2.16. The largest absolute Gasteiger partial charge is 0.497 e. The number of hydrogen-bond donors (Lipinski definition) is 0. The Hall–Kier alpha value is -2.62. The number of rotatable bonds is 10. The maximum atomic E-state index is 5.31. The molecule has 0 bridgehead atoms. The van der Waals surface area contributed by atoms with Crippen LogP contribution < -0.4 is 4.74 Å². The van der Waals surface area contributed by atoms with E-state index in [4.69, 9.17) is 4.74 Å². The van der Waals surface area contributed by atoms with Crippen LogP contribution in [0.3, 0.4) is 0 Å². The predicted molar refractivity (Wildman–Crippen MR) is 111 cm³/mol. The zero-order chi connectivity index (χ0) is 18.9. The average molecular weight is 364 g/mol. The molecule has 0 fully saturated rings. The molecule has 4 heteroatoms. The third-order valence-corrected chi connectivity index (χ3v) is 4.87. The first-order valence-electron chi connectivity index (χ1n) is 9.96. The normalized spacial score (nSPS) is 10.9. The molecule has 0 aliphatic carbocycles. The zero-order valence-corrected chi connectivity index (χ0v) is 16.4. The van der Waals surface area contributed by atoms with E-state index < -0.39 is 0 Å². The fourth-order valence-corrected chi connectivity index (χ4v) is 3.34. The molecule has 3 rings (SSSR count). The predicted octanol–water partition coefficient (Wildman–Crippen LogP) is 5.98. The van der Waals surface area contributed by atoms with Gasteiger partial charge < -0.3 is 4.74 Å². The van der Waals surface area contributed by atoms with Gasteiger partial charge in [-0.05, 0) is 30.7 Å². The molecule has 0 saturated heterocycles. The Labute approximate surface area is 162 Å². The molecule has 0 atom stereocenters. The summed E-state index contributed by atoms with van der Waals surface area (Å²) in [5.41, 5.74) is 4.23. The number of nitrogens with zero attached hydrogens (tertiary/aromatic N) is 3. The van der Waals surface area contributed by atoms with Crippen molar-refractivity contribution in [2.75, 3.05) is 7.11 Å². The van der Waals surface area contributed by atoms with Crippen LogP contribution in [0.1, 0.15) is 45.4 Å². The molecule has 0 spiro atoms. The summed E-state index contributed by atoms with van der Waals surface area (Å²) in [6, 6.07) is 18.4. The van der Waals surface area contributed by atoms with Gasteiger partial charge in [0, 0.05) is 17.7 Å². The van der Waals surface area contributed by atoms with Crippen LogP contribution in [0.4, 0.5) is 0 Å². The van der Waals surface area contributed by atoms with Gasteiger partial charge in [0.1, 0.15) is 11.4 Å². The second kappa shape index (κ2) is 9.91. The van der Waals surface area contributed by atoms with E-state index in [-0.39, 0.29) is 0 Å². The third-order valence-electron chi connectivity index (χ3n) is 4.87. The monoisotopic (exact) mass is 363 g/mol. The molecule has 3 aromatic rings. The van der Waals surface area contributed by atoms with Gasteiger partial charge in [-0.1, -0.05) is 74.6 Å². The number of aryl methyl sites for hydroxylation is 1. The Bertz CT molecular complexity index is 809. The summed E-state index contributed by atoms with van der Waals surface area (Å²) in [4.78, 5) is 0. The molecule has 0 N–H and O–H groups in total. The molecule has 2 aromatic carbocycles. The summed E-state index contributed by atoms with van der Waals surface area (Å²) in [5.74, 6) is 0.856. The number of benzene rings is 2. The second-order valence-electron chi connectivity index (χ2n) is 6.87. The van der Waals surface area contributed by atoms with E-state index in [2.05, 4.69) is 46.2 Å². The summed E-state index contributed by atoms with van der Waals surface area (Å²) in [7, 11) is 1.69. The molecule has 27 heavy (non-hydrogen) atoms. The number of methoxy groups -OCH3 is 1. The van der Waals surface area contributed by atoms with E-state index in [9.17, 15) is 0 Å². The van der Waals surface area contributed by atoms with Crippen LogP contribution in [0.15, 0.2) is 54.6 Å². The zero-order valence-electron chi connectivity index (χ0n) is 16.4. The van der Waals surface area contributed by atoms with E-state index >= 15 is 0 Å². The Balaban J connectivity index is 1.83. The first kappa shape index (κ1) is 19.2. The molecule has 4 nitrogen and oxygen atoms in total. The molecule has 0 aliphatic heterocycles. The Morgan fingerprint density at radius 3 is 2.22 bits per heavy atom. The van der Waals surface area contributed by atoms with Gasteiger partial charge in [-0.15, -0.1) is 5.10 Å². The van der Waals surface area contributed by atoms with Gasteiger partial charge in [0.25, 0.3) is 0 Å². The Morgan fingerprint density at radius 2 is 1.52 bits per heavy atom. The molecule has 1 heterocycles. The van der Waals surface area contributed by atoms with Gasteiger partial charge >= 0.3 is 0 Å². The summed E-state index contributed by atoms with van der Waals surface area (Å²) in [6.45, 7) is 3.15. The first-order valence-corrected chi connectivity index (χ1v) is 9.96. The minimum absolute atomic E-state index is 0.856. The average Bonchev–Trinajstić information content (AvgIpc) is 3.15. The summed E-state index contributed by atoms with van der Waals surface area (Å²) >= 11 is 0. The highest BCUT2D eigenvalue weighted by atomic mass is 16.5. The fraction of sp³-hybridized carbons (Fsp3) is 0.391. The number of ether oxygens (including phenoxy) is 1. The second-order valence-corrected chi connectivity index (χ2v) is 6.87. The summed E-state index contributed by atoms with van der Waals surface area (Å²) < 4.78 is 7.36. The quantitative estimate of drug-likeness (QED) is 0.416. The van der Waals surface area contributed by atoms with Crippen molar-refractivity contribution in [1.82, 2.24) is 15.0 Å². The highest BCUT2D eigenvalue weighted by molar-refractivity contribution is 5.78. The first-order chi connectivity index (χ1) is 13.3. The van der Waals surface area contributed by atoms with Crippen LogP contribution in [-0.2, 0) is 6.54 Å². The van der Waals surface area contributed by atoms with Crippen molar-refractivity contribution in [3.05, 3.63) is 54.6 Å². The molecular formula is C23H29N3O. The molecule has 1 aromatic heterocycles. The minimum atomic E-state index is 0.856. The van der Waals surface area contributed by atoms with E-state index in [1.807, 2.05) is 30.3 Å². The van der Waals surface area contributed by atoms with Crippen molar-refractivity contribution in [2.45, 2.75) is 52.0 Å². The Morgan fingerprint density at radius 1 is 0.815 bits per heavy atom. The van der Waals surface area contributed by atoms with Gasteiger partial charge in [-0.2, -0.15) is 0 Å². The molecule has 0 radical (unpaired) electrons. The van der Waals surface area contributed by atoms with Gasteiger partial charge in [-0.25, -0.2) is 4.68 Å². The third kappa shape index (κ3) is 4.97. The van der Waals surface area contributed by atoms with Crippen LogP contribution in [0, 0.1) is 0 Å². The van der Waals surface area contributed by atoms with Crippen LogP contribution >= 0.6 is 0 Å². The van der Waals surface area contributed by atoms with Gasteiger partial charge in [0.05, 0.1) is 12.8 Å². The number of aromatic nitrogens is 3. The molecular weight excluding hydrogens is 334 g/mol. The lowest BCUT2D eigenvalue weighted by atomic mass is 10.0. The SMILES string of the molecule is CCCCCCCCn1nnc(-c2ccccc2)c1-c1ccc(OC)cc1. The molecule has 0 unspecified atom stereocenters. The summed E-state index contributed by atoms with van der Waals surface area (Å²) in [6.07, 6.45) is 7.61. The van der Waals surface area contributed by atoms with Crippen molar-refractivity contribution in [3.8, 4) is 28.3 Å². The Kier molecular flexibility index (Phi) is 7.03. The molecule has 142 valence electrons.